The number of hydrogen-bond donors (Lipinski definition) is 1. The number of para-hydroxylation sites is 1. The van der Waals surface area contributed by atoms with Crippen LogP contribution in [0.15, 0.2) is 36.4 Å². The Morgan fingerprint density at radius 1 is 1.00 bits per heavy atom. The fourth-order valence-corrected chi connectivity index (χ4v) is 3.21. The largest absolute Gasteiger partial charge is 0.311 e. The number of pyridine rings is 1. The van der Waals surface area contributed by atoms with Crippen LogP contribution in [0.25, 0.3) is 10.9 Å². The molecule has 1 fully saturated rings. The summed E-state index contributed by atoms with van der Waals surface area (Å²) in [5.41, 5.74) is 2.24. The highest BCUT2D eigenvalue weighted by Gasteiger charge is 2.12. The molecule has 0 saturated heterocycles. The predicted molar refractivity (Wildman–Crippen MR) is 84.6 cm³/mol. The van der Waals surface area contributed by atoms with Gasteiger partial charge in [0.25, 0.3) is 0 Å². The van der Waals surface area contributed by atoms with Crippen molar-refractivity contribution in [2.45, 2.75) is 45.1 Å². The van der Waals surface area contributed by atoms with E-state index in [0.717, 1.165) is 30.2 Å². The van der Waals surface area contributed by atoms with Gasteiger partial charge in [-0.25, -0.2) is 0 Å². The van der Waals surface area contributed by atoms with Crippen LogP contribution in [0.4, 0.5) is 0 Å². The highest BCUT2D eigenvalue weighted by molar-refractivity contribution is 5.78. The van der Waals surface area contributed by atoms with E-state index < -0.39 is 0 Å². The molecule has 1 heterocycles. The van der Waals surface area contributed by atoms with E-state index in [-0.39, 0.29) is 0 Å². The number of nitrogens with zero attached hydrogens (tertiary/aromatic N) is 1. The summed E-state index contributed by atoms with van der Waals surface area (Å²) in [6, 6.07) is 12.6. The van der Waals surface area contributed by atoms with Gasteiger partial charge in [0.05, 0.1) is 11.2 Å². The number of aromatic nitrogens is 1. The first-order valence-corrected chi connectivity index (χ1v) is 7.97. The summed E-state index contributed by atoms with van der Waals surface area (Å²) in [5, 5.41) is 4.77. The van der Waals surface area contributed by atoms with Crippen LogP contribution in [0.3, 0.4) is 0 Å². The lowest BCUT2D eigenvalue weighted by Crippen LogP contribution is -2.19. The summed E-state index contributed by atoms with van der Waals surface area (Å²) < 4.78 is 0. The average molecular weight is 268 g/mol. The average Bonchev–Trinajstić information content (AvgIpc) is 2.52. The van der Waals surface area contributed by atoms with Crippen LogP contribution in [0.1, 0.15) is 44.2 Å². The Morgan fingerprint density at radius 3 is 2.75 bits per heavy atom. The molecule has 1 aliphatic rings. The van der Waals surface area contributed by atoms with Gasteiger partial charge in [0.1, 0.15) is 0 Å². The number of rotatable bonds is 5. The molecule has 1 aromatic heterocycles. The molecule has 0 bridgehead atoms. The normalized spacial score (nSPS) is 16.6. The lowest BCUT2D eigenvalue weighted by Gasteiger charge is -2.21. The Morgan fingerprint density at radius 2 is 1.85 bits per heavy atom. The van der Waals surface area contributed by atoms with Crippen molar-refractivity contribution in [3.63, 3.8) is 0 Å². The third-order valence-corrected chi connectivity index (χ3v) is 4.42. The van der Waals surface area contributed by atoms with E-state index in [2.05, 4.69) is 41.7 Å². The second-order valence-electron chi connectivity index (χ2n) is 5.96. The molecule has 20 heavy (non-hydrogen) atoms. The molecule has 3 rings (SSSR count). The second-order valence-corrected chi connectivity index (χ2v) is 5.96. The van der Waals surface area contributed by atoms with Crippen LogP contribution in [-0.4, -0.2) is 11.5 Å². The van der Waals surface area contributed by atoms with Crippen LogP contribution in [0.5, 0.6) is 0 Å². The van der Waals surface area contributed by atoms with Gasteiger partial charge in [-0.1, -0.05) is 56.4 Å². The molecule has 0 amide bonds. The summed E-state index contributed by atoms with van der Waals surface area (Å²) in [5.74, 6) is 0.959. The van der Waals surface area contributed by atoms with Crippen molar-refractivity contribution in [1.82, 2.24) is 10.3 Å². The van der Waals surface area contributed by atoms with E-state index in [0.29, 0.717) is 0 Å². The van der Waals surface area contributed by atoms with Crippen molar-refractivity contribution in [3.8, 4) is 0 Å². The standard InChI is InChI=1S/C18H24N2/c1-2-6-15(7-3-1)12-13-19-14-17-11-10-16-8-4-5-9-18(16)20-17/h4-5,8-11,15,19H,1-3,6-7,12-14H2. The zero-order chi connectivity index (χ0) is 13.6. The van der Waals surface area contributed by atoms with Gasteiger partial charge in [0.15, 0.2) is 0 Å². The monoisotopic (exact) mass is 268 g/mol. The number of fused-ring (bicyclic) bond motifs is 1. The van der Waals surface area contributed by atoms with Crippen molar-refractivity contribution >= 4 is 10.9 Å². The molecule has 0 radical (unpaired) electrons. The number of benzene rings is 1. The van der Waals surface area contributed by atoms with Crippen LogP contribution in [-0.2, 0) is 6.54 Å². The van der Waals surface area contributed by atoms with E-state index in [1.807, 2.05) is 0 Å². The summed E-state index contributed by atoms with van der Waals surface area (Å²) in [4.78, 5) is 4.70. The predicted octanol–water partition coefficient (Wildman–Crippen LogP) is 4.29. The maximum atomic E-state index is 4.70. The number of hydrogen-bond acceptors (Lipinski definition) is 2. The quantitative estimate of drug-likeness (QED) is 0.818. The minimum atomic E-state index is 0.886. The first-order valence-electron chi connectivity index (χ1n) is 7.97. The van der Waals surface area contributed by atoms with Gasteiger partial charge in [-0.15, -0.1) is 0 Å². The van der Waals surface area contributed by atoms with Crippen LogP contribution in [0, 0.1) is 5.92 Å². The van der Waals surface area contributed by atoms with E-state index in [9.17, 15) is 0 Å². The van der Waals surface area contributed by atoms with Crippen molar-refractivity contribution in [2.24, 2.45) is 5.92 Å². The van der Waals surface area contributed by atoms with Crippen LogP contribution < -0.4 is 5.32 Å². The lowest BCUT2D eigenvalue weighted by atomic mass is 9.87. The Bertz CT molecular complexity index is 544. The summed E-state index contributed by atoms with van der Waals surface area (Å²) in [6.45, 7) is 2.01. The van der Waals surface area contributed by atoms with E-state index in [4.69, 9.17) is 4.98 Å². The van der Waals surface area contributed by atoms with Gasteiger partial charge < -0.3 is 5.32 Å². The highest BCUT2D eigenvalue weighted by atomic mass is 14.9. The smallest absolute Gasteiger partial charge is 0.0705 e. The molecule has 2 nitrogen and oxygen atoms in total. The molecular formula is C18H24N2. The van der Waals surface area contributed by atoms with Crippen LogP contribution >= 0.6 is 0 Å². The minimum Gasteiger partial charge on any atom is -0.311 e. The topological polar surface area (TPSA) is 24.9 Å². The Kier molecular flexibility index (Phi) is 4.65. The van der Waals surface area contributed by atoms with E-state index >= 15 is 0 Å². The van der Waals surface area contributed by atoms with Crippen molar-refractivity contribution < 1.29 is 0 Å². The zero-order valence-electron chi connectivity index (χ0n) is 12.1. The van der Waals surface area contributed by atoms with Crippen molar-refractivity contribution in [3.05, 3.63) is 42.1 Å². The second kappa shape index (κ2) is 6.85. The van der Waals surface area contributed by atoms with Gasteiger partial charge in [-0.3, -0.25) is 4.98 Å². The number of nitrogens with one attached hydrogen (secondary N) is 1. The van der Waals surface area contributed by atoms with Crippen LogP contribution in [0.2, 0.25) is 0 Å². The SMILES string of the molecule is c1ccc2nc(CNCCC3CCCCC3)ccc2c1. The zero-order valence-corrected chi connectivity index (χ0v) is 12.1. The van der Waals surface area contributed by atoms with Gasteiger partial charge in [0.2, 0.25) is 0 Å². The van der Waals surface area contributed by atoms with Gasteiger partial charge in [0, 0.05) is 11.9 Å². The molecule has 1 aliphatic carbocycles. The molecule has 1 N–H and O–H groups in total. The fourth-order valence-electron chi connectivity index (χ4n) is 3.21. The van der Waals surface area contributed by atoms with Gasteiger partial charge >= 0.3 is 0 Å². The first kappa shape index (κ1) is 13.6. The molecule has 0 atom stereocenters. The molecule has 1 saturated carbocycles. The Labute approximate surface area is 121 Å². The third-order valence-electron chi connectivity index (χ3n) is 4.42. The van der Waals surface area contributed by atoms with Gasteiger partial charge in [-0.05, 0) is 31.0 Å². The summed E-state index contributed by atoms with van der Waals surface area (Å²) >= 11 is 0. The lowest BCUT2D eigenvalue weighted by molar-refractivity contribution is 0.333. The first-order chi connectivity index (χ1) is 9.92. The van der Waals surface area contributed by atoms with Crippen molar-refractivity contribution in [1.29, 1.82) is 0 Å². The summed E-state index contributed by atoms with van der Waals surface area (Å²) in [7, 11) is 0. The minimum absolute atomic E-state index is 0.886. The molecule has 0 spiro atoms. The van der Waals surface area contributed by atoms with E-state index in [1.54, 1.807) is 0 Å². The molecule has 0 unspecified atom stereocenters. The third kappa shape index (κ3) is 3.57. The fraction of sp³-hybridized carbons (Fsp3) is 0.500. The molecule has 2 heteroatoms. The Balaban J connectivity index is 1.47. The highest BCUT2D eigenvalue weighted by Crippen LogP contribution is 2.25. The molecule has 0 aliphatic heterocycles. The molecule has 2 aromatic rings. The Hall–Kier alpha value is -1.41. The van der Waals surface area contributed by atoms with Crippen molar-refractivity contribution in [2.75, 3.05) is 6.54 Å². The van der Waals surface area contributed by atoms with E-state index in [1.165, 1.54) is 43.9 Å². The summed E-state index contributed by atoms with van der Waals surface area (Å²) in [6.07, 6.45) is 8.54. The molecular weight excluding hydrogens is 244 g/mol. The molecule has 1 aromatic carbocycles. The maximum Gasteiger partial charge on any atom is 0.0705 e. The molecule has 106 valence electrons. The van der Waals surface area contributed by atoms with Gasteiger partial charge in [-0.2, -0.15) is 0 Å². The maximum absolute atomic E-state index is 4.70.